The highest BCUT2D eigenvalue weighted by Gasteiger charge is 2.46. The van der Waals surface area contributed by atoms with Gasteiger partial charge < -0.3 is 14.9 Å². The first-order valence-electron chi connectivity index (χ1n) is 9.40. The van der Waals surface area contributed by atoms with E-state index in [9.17, 15) is 4.79 Å². The maximum atomic E-state index is 12.7. The molecular formula is C22H22N4O. The molecule has 1 fully saturated rings. The second-order valence-electron chi connectivity index (χ2n) is 7.56. The van der Waals surface area contributed by atoms with E-state index in [0.29, 0.717) is 0 Å². The van der Waals surface area contributed by atoms with Gasteiger partial charge in [-0.1, -0.05) is 24.3 Å². The Morgan fingerprint density at radius 2 is 2.11 bits per heavy atom. The minimum Gasteiger partial charge on any atom is -0.351 e. The van der Waals surface area contributed by atoms with Crippen molar-refractivity contribution in [1.29, 1.82) is 0 Å². The standard InChI is InChI=1S/C22H22N4O/c1-13(15-8-7-14-9-10-26(2)20(14)11-15)23-22(27)17-12-16(17)21-24-18-5-3-4-6-19(18)25-21/h3-11,13,16-17H,12H2,1-2H3,(H,23,27)(H,24,25)/t13-,16+,17+/m1/s1. The number of nitrogens with zero attached hydrogens (tertiary/aromatic N) is 2. The Kier molecular flexibility index (Phi) is 3.57. The van der Waals surface area contributed by atoms with Gasteiger partial charge in [-0.25, -0.2) is 4.98 Å². The number of nitrogens with one attached hydrogen (secondary N) is 2. The molecule has 0 spiro atoms. The van der Waals surface area contributed by atoms with Crippen LogP contribution in [0, 0.1) is 5.92 Å². The quantitative estimate of drug-likeness (QED) is 0.578. The van der Waals surface area contributed by atoms with Gasteiger partial charge in [-0.05, 0) is 48.6 Å². The summed E-state index contributed by atoms with van der Waals surface area (Å²) in [6, 6.07) is 16.4. The van der Waals surface area contributed by atoms with Crippen LogP contribution >= 0.6 is 0 Å². The van der Waals surface area contributed by atoms with Crippen molar-refractivity contribution in [3.8, 4) is 0 Å². The second kappa shape index (κ2) is 5.98. The molecular weight excluding hydrogens is 336 g/mol. The lowest BCUT2D eigenvalue weighted by Gasteiger charge is -2.15. The molecule has 2 aromatic heterocycles. The van der Waals surface area contributed by atoms with E-state index in [0.717, 1.165) is 28.8 Å². The molecule has 1 aliphatic rings. The number of amides is 1. The van der Waals surface area contributed by atoms with Crippen LogP contribution in [0.2, 0.25) is 0 Å². The number of para-hydroxylation sites is 2. The molecule has 0 unspecified atom stereocenters. The number of H-pyrrole nitrogens is 1. The largest absolute Gasteiger partial charge is 0.351 e. The molecule has 5 rings (SSSR count). The lowest BCUT2D eigenvalue weighted by molar-refractivity contribution is -0.123. The van der Waals surface area contributed by atoms with E-state index >= 15 is 0 Å². The van der Waals surface area contributed by atoms with Crippen molar-refractivity contribution in [3.05, 3.63) is 66.1 Å². The van der Waals surface area contributed by atoms with Gasteiger partial charge in [0.25, 0.3) is 0 Å². The number of fused-ring (bicyclic) bond motifs is 2. The summed E-state index contributed by atoms with van der Waals surface area (Å²) in [5, 5.41) is 4.39. The van der Waals surface area contributed by atoms with Crippen LogP contribution in [0.15, 0.2) is 54.7 Å². The lowest BCUT2D eigenvalue weighted by atomic mass is 10.1. The minimum atomic E-state index is -0.0197. The lowest BCUT2D eigenvalue weighted by Crippen LogP contribution is -2.28. The molecule has 27 heavy (non-hydrogen) atoms. The Morgan fingerprint density at radius 3 is 2.96 bits per heavy atom. The zero-order valence-corrected chi connectivity index (χ0v) is 15.4. The first-order chi connectivity index (χ1) is 13.1. The van der Waals surface area contributed by atoms with Gasteiger partial charge >= 0.3 is 0 Å². The van der Waals surface area contributed by atoms with E-state index < -0.39 is 0 Å². The molecule has 1 saturated carbocycles. The monoisotopic (exact) mass is 358 g/mol. The Bertz CT molecular complexity index is 1120. The maximum Gasteiger partial charge on any atom is 0.224 e. The number of carbonyl (C=O) groups excluding carboxylic acids is 1. The second-order valence-corrected chi connectivity index (χ2v) is 7.56. The molecule has 4 aromatic rings. The summed E-state index contributed by atoms with van der Waals surface area (Å²) in [6.07, 6.45) is 2.91. The summed E-state index contributed by atoms with van der Waals surface area (Å²) in [5.41, 5.74) is 4.30. The summed E-state index contributed by atoms with van der Waals surface area (Å²) in [5.74, 6) is 1.24. The predicted octanol–water partition coefficient (Wildman–Crippen LogP) is 4.04. The van der Waals surface area contributed by atoms with Crippen molar-refractivity contribution < 1.29 is 4.79 Å². The third-order valence-electron chi connectivity index (χ3n) is 5.66. The fraction of sp³-hybridized carbons (Fsp3) is 0.273. The van der Waals surface area contributed by atoms with Gasteiger partial charge in [0, 0.05) is 30.6 Å². The van der Waals surface area contributed by atoms with Crippen molar-refractivity contribution in [2.45, 2.75) is 25.3 Å². The normalized spacial score (nSPS) is 20.1. The minimum absolute atomic E-state index is 0.00628. The van der Waals surface area contributed by atoms with Gasteiger partial charge in [-0.3, -0.25) is 4.79 Å². The smallest absolute Gasteiger partial charge is 0.224 e. The zero-order chi connectivity index (χ0) is 18.5. The molecule has 0 radical (unpaired) electrons. The van der Waals surface area contributed by atoms with Crippen molar-refractivity contribution >= 4 is 27.8 Å². The van der Waals surface area contributed by atoms with Crippen LogP contribution in [-0.2, 0) is 11.8 Å². The highest BCUT2D eigenvalue weighted by atomic mass is 16.2. The van der Waals surface area contributed by atoms with Crippen molar-refractivity contribution in [3.63, 3.8) is 0 Å². The van der Waals surface area contributed by atoms with E-state index in [1.165, 1.54) is 10.9 Å². The number of aromatic nitrogens is 3. The Morgan fingerprint density at radius 1 is 1.26 bits per heavy atom. The predicted molar refractivity (Wildman–Crippen MR) is 106 cm³/mol. The summed E-state index contributed by atoms with van der Waals surface area (Å²) in [7, 11) is 2.04. The van der Waals surface area contributed by atoms with Gasteiger partial charge in [-0.15, -0.1) is 0 Å². The van der Waals surface area contributed by atoms with Gasteiger partial charge in [0.05, 0.1) is 17.1 Å². The molecule has 0 aliphatic heterocycles. The fourth-order valence-corrected chi connectivity index (χ4v) is 3.89. The molecule has 2 heterocycles. The summed E-state index contributed by atoms with van der Waals surface area (Å²) in [4.78, 5) is 20.7. The van der Waals surface area contributed by atoms with Crippen LogP contribution in [-0.4, -0.2) is 20.4 Å². The van der Waals surface area contributed by atoms with Gasteiger partial charge in [0.2, 0.25) is 5.91 Å². The average Bonchev–Trinajstić information content (AvgIpc) is 3.23. The number of hydrogen-bond acceptors (Lipinski definition) is 2. The molecule has 0 bridgehead atoms. The third-order valence-corrected chi connectivity index (χ3v) is 5.66. The topological polar surface area (TPSA) is 62.7 Å². The van der Waals surface area contributed by atoms with Crippen molar-refractivity contribution in [2.24, 2.45) is 13.0 Å². The molecule has 2 aromatic carbocycles. The van der Waals surface area contributed by atoms with Crippen LogP contribution < -0.4 is 5.32 Å². The van der Waals surface area contributed by atoms with E-state index in [1.54, 1.807) is 0 Å². The van der Waals surface area contributed by atoms with E-state index in [1.807, 2.05) is 38.2 Å². The van der Waals surface area contributed by atoms with Crippen LogP contribution in [0.4, 0.5) is 0 Å². The van der Waals surface area contributed by atoms with Gasteiger partial charge in [0.1, 0.15) is 5.82 Å². The molecule has 1 aliphatic carbocycles. The fourth-order valence-electron chi connectivity index (χ4n) is 3.89. The van der Waals surface area contributed by atoms with E-state index in [-0.39, 0.29) is 23.8 Å². The van der Waals surface area contributed by atoms with Gasteiger partial charge in [-0.2, -0.15) is 0 Å². The Labute approximate surface area is 157 Å². The number of rotatable bonds is 4. The molecule has 5 heteroatoms. The maximum absolute atomic E-state index is 12.7. The van der Waals surface area contributed by atoms with E-state index in [4.69, 9.17) is 0 Å². The van der Waals surface area contributed by atoms with Crippen LogP contribution in [0.1, 0.15) is 36.7 Å². The summed E-state index contributed by atoms with van der Waals surface area (Å²) in [6.45, 7) is 2.04. The average molecular weight is 358 g/mol. The molecule has 0 saturated heterocycles. The number of imidazole rings is 1. The molecule has 136 valence electrons. The number of aromatic amines is 1. The number of hydrogen-bond donors (Lipinski definition) is 2. The zero-order valence-electron chi connectivity index (χ0n) is 15.4. The van der Waals surface area contributed by atoms with Crippen molar-refractivity contribution in [2.75, 3.05) is 0 Å². The summed E-state index contributed by atoms with van der Waals surface area (Å²) < 4.78 is 2.10. The van der Waals surface area contributed by atoms with Crippen LogP contribution in [0.3, 0.4) is 0 Å². The number of aryl methyl sites for hydroxylation is 1. The van der Waals surface area contributed by atoms with E-state index in [2.05, 4.69) is 50.3 Å². The Hall–Kier alpha value is -3.08. The SMILES string of the molecule is C[C@@H](NC(=O)[C@H]1C[C@@H]1c1nc2ccccc2[nH]1)c1ccc2ccn(C)c2c1. The van der Waals surface area contributed by atoms with Gasteiger partial charge in [0.15, 0.2) is 0 Å². The first-order valence-corrected chi connectivity index (χ1v) is 9.40. The van der Waals surface area contributed by atoms with Crippen LogP contribution in [0.5, 0.6) is 0 Å². The molecule has 5 nitrogen and oxygen atoms in total. The first kappa shape index (κ1) is 16.1. The molecule has 1 amide bonds. The molecule has 3 atom stereocenters. The molecule has 2 N–H and O–H groups in total. The van der Waals surface area contributed by atoms with Crippen molar-refractivity contribution in [1.82, 2.24) is 19.9 Å². The highest BCUT2D eigenvalue weighted by Crippen LogP contribution is 2.47. The number of benzene rings is 2. The van der Waals surface area contributed by atoms with Crippen LogP contribution in [0.25, 0.3) is 21.9 Å². The Balaban J connectivity index is 1.29. The third kappa shape index (κ3) is 2.79. The highest BCUT2D eigenvalue weighted by molar-refractivity contribution is 5.84. The number of carbonyl (C=O) groups is 1. The summed E-state index contributed by atoms with van der Waals surface area (Å²) >= 11 is 0.